The number of carboxylic acids is 1. The van der Waals surface area contributed by atoms with E-state index in [0.717, 1.165) is 6.42 Å². The van der Waals surface area contributed by atoms with Gasteiger partial charge in [-0.25, -0.2) is 0 Å². The zero-order chi connectivity index (χ0) is 22.2. The number of carbonyl (C=O) groups is 1. The first kappa shape index (κ1) is 25.6. The predicted octanol–water partition coefficient (Wildman–Crippen LogP) is 4.71. The van der Waals surface area contributed by atoms with Crippen molar-refractivity contribution in [3.05, 3.63) is 60.8 Å². The smallest absolute Gasteiger partial charge is 0.303 e. The number of hydrogen-bond donors (Lipinski definition) is 2. The number of aliphatic hydroxyl groups excluding tert-OH is 1. The molecule has 0 aliphatic carbocycles. The molecule has 1 aliphatic heterocycles. The lowest BCUT2D eigenvalue weighted by atomic mass is 10.1. The zero-order valence-electron chi connectivity index (χ0n) is 18.2. The van der Waals surface area contributed by atoms with Crippen molar-refractivity contribution in [3.8, 4) is 11.8 Å². The molecule has 0 aromatic carbocycles. The summed E-state index contributed by atoms with van der Waals surface area (Å²) >= 11 is 0. The van der Waals surface area contributed by atoms with Crippen molar-refractivity contribution in [3.63, 3.8) is 0 Å². The minimum absolute atomic E-state index is 0.122. The van der Waals surface area contributed by atoms with Crippen LogP contribution in [0, 0.1) is 11.8 Å². The predicted molar refractivity (Wildman–Crippen MR) is 120 cm³/mol. The number of ether oxygens (including phenoxy) is 2. The maximum Gasteiger partial charge on any atom is 0.303 e. The normalized spacial score (nSPS) is 22.5. The number of allylic oxidation sites excluding steroid dienone is 6. The molecule has 1 rings (SSSR count). The van der Waals surface area contributed by atoms with Crippen LogP contribution in [0.15, 0.2) is 60.8 Å². The SMILES string of the molecule is CC/C=C\C[C@@H](O)/C=C/C#C/C=C/C=C/[C@H]1OC(C)(C)O[C@H]1C/C=C\CCC(=O)O. The van der Waals surface area contributed by atoms with Gasteiger partial charge in [-0.15, -0.1) is 0 Å². The summed E-state index contributed by atoms with van der Waals surface area (Å²) in [6.07, 6.45) is 20.5. The third kappa shape index (κ3) is 12.2. The fourth-order valence-corrected chi connectivity index (χ4v) is 2.78. The van der Waals surface area contributed by atoms with E-state index < -0.39 is 17.9 Å². The van der Waals surface area contributed by atoms with E-state index >= 15 is 0 Å². The maximum absolute atomic E-state index is 10.5. The van der Waals surface area contributed by atoms with E-state index in [9.17, 15) is 9.90 Å². The fraction of sp³-hybridized carbons (Fsp3) is 0.480. The highest BCUT2D eigenvalue weighted by atomic mass is 16.7. The largest absolute Gasteiger partial charge is 0.481 e. The van der Waals surface area contributed by atoms with Gasteiger partial charge in [0, 0.05) is 6.42 Å². The number of hydrogen-bond acceptors (Lipinski definition) is 4. The van der Waals surface area contributed by atoms with E-state index in [0.29, 0.717) is 19.3 Å². The standard InChI is InChI=1S/C25H34O5/c1-4-5-11-16-21(26)17-12-8-6-7-9-13-18-22-23(30-25(2,3)29-22)19-14-10-15-20-24(27)28/h5,7,9-14,17-18,21-23,26H,4,15-16,19-20H2,1-3H3,(H,27,28)/b9-7+,11-5-,14-10-,17-12+,18-13+/t21-,22-,23+/m1/s1. The van der Waals surface area contributed by atoms with Gasteiger partial charge in [-0.2, -0.15) is 0 Å². The van der Waals surface area contributed by atoms with Crippen LogP contribution in [0.1, 0.15) is 52.9 Å². The van der Waals surface area contributed by atoms with Gasteiger partial charge in [0.2, 0.25) is 0 Å². The summed E-state index contributed by atoms with van der Waals surface area (Å²) in [6, 6.07) is 0. The van der Waals surface area contributed by atoms with Crippen molar-refractivity contribution in [2.45, 2.75) is 77.0 Å². The molecule has 30 heavy (non-hydrogen) atoms. The lowest BCUT2D eigenvalue weighted by Crippen LogP contribution is -2.21. The van der Waals surface area contributed by atoms with Gasteiger partial charge in [0.25, 0.3) is 0 Å². The Balaban J connectivity index is 2.47. The van der Waals surface area contributed by atoms with Gasteiger partial charge in [-0.3, -0.25) is 4.79 Å². The molecule has 0 spiro atoms. The second-order valence-corrected chi connectivity index (χ2v) is 7.35. The Morgan fingerprint density at radius 2 is 1.87 bits per heavy atom. The van der Waals surface area contributed by atoms with Crippen LogP contribution in [0.3, 0.4) is 0 Å². The fourth-order valence-electron chi connectivity index (χ4n) is 2.78. The average Bonchev–Trinajstić information content (AvgIpc) is 2.97. The maximum atomic E-state index is 10.5. The van der Waals surface area contributed by atoms with Crippen molar-refractivity contribution in [1.29, 1.82) is 0 Å². The van der Waals surface area contributed by atoms with Gasteiger partial charge in [0.05, 0.1) is 12.2 Å². The Bertz CT molecular complexity index is 716. The summed E-state index contributed by atoms with van der Waals surface area (Å²) in [7, 11) is 0. The van der Waals surface area contributed by atoms with E-state index in [1.807, 2.05) is 56.4 Å². The summed E-state index contributed by atoms with van der Waals surface area (Å²) < 4.78 is 11.8. The van der Waals surface area contributed by atoms with Crippen molar-refractivity contribution in [2.24, 2.45) is 0 Å². The quantitative estimate of drug-likeness (QED) is 0.291. The molecule has 2 N–H and O–H groups in total. The number of aliphatic carboxylic acids is 1. The molecule has 3 atom stereocenters. The molecule has 0 unspecified atom stereocenters. The molecule has 1 aliphatic rings. The Labute approximate surface area is 180 Å². The molecular formula is C25H34O5. The average molecular weight is 415 g/mol. The summed E-state index contributed by atoms with van der Waals surface area (Å²) in [5, 5.41) is 18.4. The molecule has 0 radical (unpaired) electrons. The van der Waals surface area contributed by atoms with Crippen LogP contribution in [0.4, 0.5) is 0 Å². The molecule has 0 bridgehead atoms. The van der Waals surface area contributed by atoms with E-state index in [4.69, 9.17) is 14.6 Å². The second kappa shape index (κ2) is 14.6. The topological polar surface area (TPSA) is 76.0 Å². The molecule has 0 aromatic heterocycles. The summed E-state index contributed by atoms with van der Waals surface area (Å²) in [5.74, 6) is 4.30. The Morgan fingerprint density at radius 3 is 2.60 bits per heavy atom. The van der Waals surface area contributed by atoms with Crippen LogP contribution in [0.25, 0.3) is 0 Å². The van der Waals surface area contributed by atoms with Crippen molar-refractivity contribution in [2.75, 3.05) is 0 Å². The van der Waals surface area contributed by atoms with Crippen LogP contribution in [-0.4, -0.2) is 40.3 Å². The minimum atomic E-state index is -0.798. The van der Waals surface area contributed by atoms with Gasteiger partial charge in [0.1, 0.15) is 6.10 Å². The van der Waals surface area contributed by atoms with E-state index in [-0.39, 0.29) is 18.6 Å². The summed E-state index contributed by atoms with van der Waals surface area (Å²) in [5.41, 5.74) is 0. The van der Waals surface area contributed by atoms with Crippen LogP contribution >= 0.6 is 0 Å². The zero-order valence-corrected chi connectivity index (χ0v) is 18.2. The van der Waals surface area contributed by atoms with Gasteiger partial charge in [-0.1, -0.05) is 61.3 Å². The van der Waals surface area contributed by atoms with Crippen molar-refractivity contribution < 1.29 is 24.5 Å². The minimum Gasteiger partial charge on any atom is -0.481 e. The van der Waals surface area contributed by atoms with Crippen LogP contribution in [0.2, 0.25) is 0 Å². The summed E-state index contributed by atoms with van der Waals surface area (Å²) in [6.45, 7) is 5.81. The lowest BCUT2D eigenvalue weighted by Gasteiger charge is -2.16. The monoisotopic (exact) mass is 414 g/mol. The molecule has 1 heterocycles. The third-order valence-corrected chi connectivity index (χ3v) is 4.14. The van der Waals surface area contributed by atoms with Gasteiger partial charge in [-0.05, 0) is 57.8 Å². The first-order valence-corrected chi connectivity index (χ1v) is 10.4. The lowest BCUT2D eigenvalue weighted by molar-refractivity contribution is -0.142. The van der Waals surface area contributed by atoms with E-state index in [2.05, 4.69) is 18.8 Å². The number of rotatable bonds is 11. The molecule has 164 valence electrons. The molecule has 0 amide bonds. The highest BCUT2D eigenvalue weighted by Crippen LogP contribution is 2.30. The van der Waals surface area contributed by atoms with E-state index in [1.165, 1.54) is 0 Å². The van der Waals surface area contributed by atoms with Crippen LogP contribution < -0.4 is 0 Å². The second-order valence-electron chi connectivity index (χ2n) is 7.35. The van der Waals surface area contributed by atoms with Gasteiger partial charge >= 0.3 is 5.97 Å². The molecule has 1 saturated heterocycles. The highest BCUT2D eigenvalue weighted by molar-refractivity contribution is 5.66. The third-order valence-electron chi connectivity index (χ3n) is 4.14. The van der Waals surface area contributed by atoms with Crippen LogP contribution in [0.5, 0.6) is 0 Å². The Kier molecular flexibility index (Phi) is 12.5. The molecule has 5 nitrogen and oxygen atoms in total. The van der Waals surface area contributed by atoms with E-state index in [1.54, 1.807) is 18.2 Å². The number of carboxylic acid groups (broad SMARTS) is 1. The Morgan fingerprint density at radius 1 is 1.10 bits per heavy atom. The Hall–Kier alpha value is -2.39. The molecule has 0 saturated carbocycles. The molecular weight excluding hydrogens is 380 g/mol. The van der Waals surface area contributed by atoms with Crippen molar-refractivity contribution >= 4 is 5.97 Å². The molecule has 5 heteroatoms. The van der Waals surface area contributed by atoms with Crippen LogP contribution in [-0.2, 0) is 14.3 Å². The highest BCUT2D eigenvalue weighted by Gasteiger charge is 2.38. The summed E-state index contributed by atoms with van der Waals surface area (Å²) in [4.78, 5) is 10.5. The van der Waals surface area contributed by atoms with Crippen molar-refractivity contribution in [1.82, 2.24) is 0 Å². The first-order valence-electron chi connectivity index (χ1n) is 10.4. The first-order chi connectivity index (χ1) is 14.3. The number of aliphatic hydroxyl groups is 1. The molecule has 0 aromatic rings. The molecule has 1 fully saturated rings. The van der Waals surface area contributed by atoms with Gasteiger partial charge in [0.15, 0.2) is 5.79 Å². The van der Waals surface area contributed by atoms with Gasteiger partial charge < -0.3 is 19.7 Å².